The van der Waals surface area contributed by atoms with E-state index in [1.807, 2.05) is 13.8 Å². The predicted molar refractivity (Wildman–Crippen MR) is 54.2 cm³/mol. The van der Waals surface area contributed by atoms with Crippen molar-refractivity contribution in [3.63, 3.8) is 0 Å². The zero-order valence-corrected chi connectivity index (χ0v) is 9.08. The molecule has 0 amide bonds. The van der Waals surface area contributed by atoms with Gasteiger partial charge in [-0.3, -0.25) is 4.79 Å². The van der Waals surface area contributed by atoms with Gasteiger partial charge in [-0.15, -0.1) is 0 Å². The van der Waals surface area contributed by atoms with Crippen LogP contribution in [0.3, 0.4) is 0 Å². The fraction of sp³-hybridized carbons (Fsp3) is 0.909. The highest BCUT2D eigenvalue weighted by Gasteiger charge is 2.32. The first-order chi connectivity index (χ1) is 6.58. The molecule has 14 heavy (non-hydrogen) atoms. The average molecular weight is 200 g/mol. The molecule has 0 spiro atoms. The van der Waals surface area contributed by atoms with Crippen LogP contribution in [0.4, 0.5) is 0 Å². The minimum Gasteiger partial charge on any atom is -0.481 e. The molecule has 1 rings (SSSR count). The van der Waals surface area contributed by atoms with E-state index in [1.165, 1.54) is 0 Å². The van der Waals surface area contributed by atoms with E-state index in [4.69, 9.17) is 9.84 Å². The fourth-order valence-corrected chi connectivity index (χ4v) is 1.79. The van der Waals surface area contributed by atoms with Gasteiger partial charge in [-0.2, -0.15) is 0 Å². The SMILES string of the molecule is CCC(C)(CCC1CCCO1)C(=O)O. The predicted octanol–water partition coefficient (Wildman–Crippen LogP) is 2.45. The molecule has 0 aromatic rings. The summed E-state index contributed by atoms with van der Waals surface area (Å²) in [5.74, 6) is -0.682. The minimum absolute atomic E-state index is 0.306. The summed E-state index contributed by atoms with van der Waals surface area (Å²) < 4.78 is 5.48. The second-order valence-electron chi connectivity index (χ2n) is 4.39. The highest BCUT2D eigenvalue weighted by molar-refractivity contribution is 5.73. The zero-order chi connectivity index (χ0) is 10.6. The first kappa shape index (κ1) is 11.5. The molecular formula is C11H20O3. The van der Waals surface area contributed by atoms with Gasteiger partial charge in [0.15, 0.2) is 0 Å². The van der Waals surface area contributed by atoms with E-state index in [0.29, 0.717) is 12.5 Å². The quantitative estimate of drug-likeness (QED) is 0.741. The van der Waals surface area contributed by atoms with Crippen molar-refractivity contribution in [3.05, 3.63) is 0 Å². The molecule has 0 aromatic heterocycles. The van der Waals surface area contributed by atoms with Crippen molar-refractivity contribution < 1.29 is 14.6 Å². The standard InChI is InChI=1S/C11H20O3/c1-3-11(2,10(12)13)7-6-9-5-4-8-14-9/h9H,3-8H2,1-2H3,(H,12,13). The molecule has 2 unspecified atom stereocenters. The Balaban J connectivity index is 2.36. The van der Waals surface area contributed by atoms with Crippen molar-refractivity contribution in [2.24, 2.45) is 5.41 Å². The third kappa shape index (κ3) is 2.71. The van der Waals surface area contributed by atoms with Crippen LogP contribution in [0.1, 0.15) is 46.0 Å². The summed E-state index contributed by atoms with van der Waals surface area (Å²) in [6, 6.07) is 0. The van der Waals surface area contributed by atoms with Gasteiger partial charge in [0.1, 0.15) is 0 Å². The van der Waals surface area contributed by atoms with Crippen LogP contribution in [0.2, 0.25) is 0 Å². The molecular weight excluding hydrogens is 180 g/mol. The molecule has 0 aromatic carbocycles. The fourth-order valence-electron chi connectivity index (χ4n) is 1.79. The van der Waals surface area contributed by atoms with Crippen molar-refractivity contribution in [2.75, 3.05) is 6.61 Å². The van der Waals surface area contributed by atoms with Crippen molar-refractivity contribution in [3.8, 4) is 0 Å². The van der Waals surface area contributed by atoms with E-state index >= 15 is 0 Å². The summed E-state index contributed by atoms with van der Waals surface area (Å²) >= 11 is 0. The van der Waals surface area contributed by atoms with Gasteiger partial charge < -0.3 is 9.84 Å². The molecule has 1 saturated heterocycles. The Labute approximate surface area is 85.5 Å². The van der Waals surface area contributed by atoms with E-state index in [2.05, 4.69) is 0 Å². The van der Waals surface area contributed by atoms with Crippen molar-refractivity contribution >= 4 is 5.97 Å². The first-order valence-electron chi connectivity index (χ1n) is 5.43. The van der Waals surface area contributed by atoms with Crippen molar-refractivity contribution in [2.45, 2.75) is 52.1 Å². The molecule has 0 saturated carbocycles. The molecule has 0 aliphatic carbocycles. The molecule has 0 bridgehead atoms. The minimum atomic E-state index is -0.682. The first-order valence-corrected chi connectivity index (χ1v) is 5.43. The summed E-state index contributed by atoms with van der Waals surface area (Å²) in [7, 11) is 0. The van der Waals surface area contributed by atoms with Crippen molar-refractivity contribution in [1.82, 2.24) is 0 Å². The normalized spacial score (nSPS) is 26.0. The van der Waals surface area contributed by atoms with Crippen LogP contribution in [-0.2, 0) is 9.53 Å². The topological polar surface area (TPSA) is 46.5 Å². The number of carboxylic acid groups (broad SMARTS) is 1. The van der Waals surface area contributed by atoms with E-state index < -0.39 is 11.4 Å². The monoisotopic (exact) mass is 200 g/mol. The van der Waals surface area contributed by atoms with Gasteiger partial charge in [0, 0.05) is 6.61 Å². The van der Waals surface area contributed by atoms with Gasteiger partial charge >= 0.3 is 5.97 Å². The molecule has 3 heteroatoms. The van der Waals surface area contributed by atoms with Gasteiger partial charge in [-0.05, 0) is 39.0 Å². The van der Waals surface area contributed by atoms with E-state index in [0.717, 1.165) is 32.3 Å². The van der Waals surface area contributed by atoms with Crippen LogP contribution in [0.5, 0.6) is 0 Å². The van der Waals surface area contributed by atoms with E-state index in [-0.39, 0.29) is 0 Å². The molecule has 1 aliphatic rings. The van der Waals surface area contributed by atoms with Crippen molar-refractivity contribution in [1.29, 1.82) is 0 Å². The number of ether oxygens (including phenoxy) is 1. The Hall–Kier alpha value is -0.570. The number of aliphatic carboxylic acids is 1. The number of hydrogen-bond acceptors (Lipinski definition) is 2. The Kier molecular flexibility index (Phi) is 3.93. The van der Waals surface area contributed by atoms with Gasteiger partial charge in [0.05, 0.1) is 11.5 Å². The van der Waals surface area contributed by atoms with Crippen LogP contribution >= 0.6 is 0 Å². The van der Waals surface area contributed by atoms with Crippen LogP contribution in [0.15, 0.2) is 0 Å². The molecule has 1 fully saturated rings. The van der Waals surface area contributed by atoms with Crippen LogP contribution in [-0.4, -0.2) is 23.8 Å². The second-order valence-corrected chi connectivity index (χ2v) is 4.39. The number of carboxylic acids is 1. The molecule has 3 nitrogen and oxygen atoms in total. The lowest BCUT2D eigenvalue weighted by Crippen LogP contribution is -2.28. The summed E-state index contributed by atoms with van der Waals surface area (Å²) in [5, 5.41) is 9.07. The maximum absolute atomic E-state index is 11.0. The Morgan fingerprint density at radius 3 is 2.79 bits per heavy atom. The van der Waals surface area contributed by atoms with Gasteiger partial charge in [-0.1, -0.05) is 6.92 Å². The van der Waals surface area contributed by atoms with Crippen LogP contribution < -0.4 is 0 Å². The Morgan fingerprint density at radius 1 is 1.64 bits per heavy atom. The molecule has 0 radical (unpaired) electrons. The Morgan fingerprint density at radius 2 is 2.36 bits per heavy atom. The van der Waals surface area contributed by atoms with Crippen LogP contribution in [0.25, 0.3) is 0 Å². The lowest BCUT2D eigenvalue weighted by molar-refractivity contribution is -0.148. The third-order valence-electron chi connectivity index (χ3n) is 3.34. The van der Waals surface area contributed by atoms with Crippen LogP contribution in [0, 0.1) is 5.41 Å². The highest BCUT2D eigenvalue weighted by atomic mass is 16.5. The molecule has 1 aliphatic heterocycles. The highest BCUT2D eigenvalue weighted by Crippen LogP contribution is 2.30. The number of rotatable bonds is 5. The number of carbonyl (C=O) groups is 1. The molecule has 82 valence electrons. The smallest absolute Gasteiger partial charge is 0.309 e. The maximum atomic E-state index is 11.0. The van der Waals surface area contributed by atoms with E-state index in [9.17, 15) is 4.79 Å². The summed E-state index contributed by atoms with van der Waals surface area (Å²) in [5.41, 5.74) is -0.564. The maximum Gasteiger partial charge on any atom is 0.309 e. The lowest BCUT2D eigenvalue weighted by Gasteiger charge is -2.24. The molecule has 1 N–H and O–H groups in total. The van der Waals surface area contributed by atoms with E-state index in [1.54, 1.807) is 0 Å². The second kappa shape index (κ2) is 4.78. The summed E-state index contributed by atoms with van der Waals surface area (Å²) in [6.45, 7) is 4.61. The third-order valence-corrected chi connectivity index (χ3v) is 3.34. The van der Waals surface area contributed by atoms with Gasteiger partial charge in [0.2, 0.25) is 0 Å². The zero-order valence-electron chi connectivity index (χ0n) is 9.08. The Bertz CT molecular complexity index is 197. The molecule has 1 heterocycles. The average Bonchev–Trinajstić information content (AvgIpc) is 2.66. The largest absolute Gasteiger partial charge is 0.481 e. The molecule has 2 atom stereocenters. The summed E-state index contributed by atoms with van der Waals surface area (Å²) in [4.78, 5) is 11.0. The number of hydrogen-bond donors (Lipinski definition) is 1. The van der Waals surface area contributed by atoms with Gasteiger partial charge in [0.25, 0.3) is 0 Å². The lowest BCUT2D eigenvalue weighted by atomic mass is 9.82. The summed E-state index contributed by atoms with van der Waals surface area (Å²) in [6.07, 6.45) is 4.83. The van der Waals surface area contributed by atoms with Gasteiger partial charge in [-0.25, -0.2) is 0 Å².